The van der Waals surface area contributed by atoms with Gasteiger partial charge < -0.3 is 14.8 Å². The smallest absolute Gasteiger partial charge is 0.171 e. The van der Waals surface area contributed by atoms with E-state index in [0.717, 1.165) is 41.2 Å². The maximum Gasteiger partial charge on any atom is 0.171 e. The Morgan fingerprint density at radius 2 is 2.00 bits per heavy atom. The zero-order chi connectivity index (χ0) is 20.8. The number of pyridine rings is 1. The molecule has 1 unspecified atom stereocenters. The minimum atomic E-state index is 0.0144. The second kappa shape index (κ2) is 7.81. The molecule has 6 rings (SSSR count). The number of nitrogens with one attached hydrogen (secondary N) is 1. The topological polar surface area (TPSA) is 43.4 Å². The molecule has 0 radical (unpaired) electrons. The van der Waals surface area contributed by atoms with E-state index in [2.05, 4.69) is 40.6 Å². The molecule has 1 aliphatic carbocycles. The first kappa shape index (κ1) is 19.1. The lowest BCUT2D eigenvalue weighted by Gasteiger charge is -2.29. The maximum atomic E-state index is 6.35. The molecule has 5 heteroatoms. The van der Waals surface area contributed by atoms with Gasteiger partial charge in [-0.15, -0.1) is 11.3 Å². The van der Waals surface area contributed by atoms with Crippen LogP contribution in [0.2, 0.25) is 0 Å². The van der Waals surface area contributed by atoms with Crippen molar-refractivity contribution in [1.29, 1.82) is 0 Å². The van der Waals surface area contributed by atoms with E-state index in [0.29, 0.717) is 12.5 Å². The normalized spacial score (nSPS) is 20.2. The fraction of sp³-hybridized carbons (Fsp3) is 0.346. The highest BCUT2D eigenvalue weighted by Crippen LogP contribution is 2.39. The predicted octanol–water partition coefficient (Wildman–Crippen LogP) is 5.29. The van der Waals surface area contributed by atoms with E-state index in [-0.39, 0.29) is 6.10 Å². The third-order valence-corrected chi connectivity index (χ3v) is 7.77. The lowest BCUT2D eigenvalue weighted by Crippen LogP contribution is -2.40. The highest BCUT2D eigenvalue weighted by Gasteiger charge is 2.25. The van der Waals surface area contributed by atoms with Gasteiger partial charge in [-0.3, -0.25) is 4.98 Å². The van der Waals surface area contributed by atoms with Crippen LogP contribution in [0.25, 0.3) is 21.0 Å². The summed E-state index contributed by atoms with van der Waals surface area (Å²) in [5, 5.41) is 6.15. The summed E-state index contributed by atoms with van der Waals surface area (Å²) in [6.45, 7) is 4.40. The van der Waals surface area contributed by atoms with Crippen molar-refractivity contribution in [3.8, 4) is 11.5 Å². The van der Waals surface area contributed by atoms with Gasteiger partial charge in [-0.1, -0.05) is 18.2 Å². The third-order valence-electron chi connectivity index (χ3n) is 6.49. The number of fused-ring (bicyclic) bond motifs is 6. The molecule has 0 spiro atoms. The van der Waals surface area contributed by atoms with E-state index in [1.807, 2.05) is 36.5 Å². The van der Waals surface area contributed by atoms with Gasteiger partial charge in [0.15, 0.2) is 11.5 Å². The van der Waals surface area contributed by atoms with Crippen molar-refractivity contribution in [3.63, 3.8) is 0 Å². The average molecular weight is 431 g/mol. The van der Waals surface area contributed by atoms with E-state index >= 15 is 0 Å². The minimum Gasteiger partial charge on any atom is -0.486 e. The molecule has 0 amide bonds. The second-order valence-corrected chi connectivity index (χ2v) is 9.87. The molecule has 2 aromatic carbocycles. The summed E-state index contributed by atoms with van der Waals surface area (Å²) < 4.78 is 13.8. The summed E-state index contributed by atoms with van der Waals surface area (Å²) in [5.74, 6) is 2.32. The number of aryl methyl sites for hydroxylation is 2. The average Bonchev–Trinajstić information content (AvgIpc) is 3.17. The fourth-order valence-corrected chi connectivity index (χ4v) is 6.15. The summed E-state index contributed by atoms with van der Waals surface area (Å²) in [6.07, 6.45) is 3.65. The van der Waals surface area contributed by atoms with Gasteiger partial charge in [0.1, 0.15) is 12.7 Å². The number of hydrogen-bond acceptors (Lipinski definition) is 5. The Morgan fingerprint density at radius 3 is 2.97 bits per heavy atom. The number of aromatic nitrogens is 1. The van der Waals surface area contributed by atoms with Crippen LogP contribution in [0.4, 0.5) is 0 Å². The highest BCUT2D eigenvalue weighted by molar-refractivity contribution is 7.19. The molecule has 1 N–H and O–H groups in total. The molecule has 0 saturated heterocycles. The lowest BCUT2D eigenvalue weighted by atomic mass is 9.87. The zero-order valence-electron chi connectivity index (χ0n) is 17.7. The Bertz CT molecular complexity index is 1270. The molecule has 2 aliphatic rings. The van der Waals surface area contributed by atoms with Crippen molar-refractivity contribution in [3.05, 3.63) is 64.7 Å². The molecule has 2 aromatic heterocycles. The Balaban J connectivity index is 1.10. The molecular weight excluding hydrogens is 404 g/mol. The number of ether oxygens (including phenoxy) is 2. The van der Waals surface area contributed by atoms with E-state index in [9.17, 15) is 0 Å². The molecule has 0 bridgehead atoms. The third kappa shape index (κ3) is 3.56. The van der Waals surface area contributed by atoms with Crippen LogP contribution in [0.5, 0.6) is 11.5 Å². The second-order valence-electron chi connectivity index (χ2n) is 8.73. The summed E-state index contributed by atoms with van der Waals surface area (Å²) >= 11 is 1.98. The molecule has 4 nitrogen and oxygen atoms in total. The van der Waals surface area contributed by atoms with Crippen LogP contribution in [0.3, 0.4) is 0 Å². The van der Waals surface area contributed by atoms with Gasteiger partial charge in [-0.05, 0) is 79.9 Å². The van der Waals surface area contributed by atoms with E-state index in [1.54, 1.807) is 10.4 Å². The van der Waals surface area contributed by atoms with Crippen molar-refractivity contribution in [2.24, 2.45) is 5.92 Å². The molecule has 2 atom stereocenters. The summed E-state index contributed by atoms with van der Waals surface area (Å²) in [7, 11) is 0. The number of nitrogens with zero attached hydrogens (tertiary/aromatic N) is 1. The number of thiophene rings is 1. The lowest BCUT2D eigenvalue weighted by molar-refractivity contribution is 0.0915. The number of rotatable bonds is 4. The van der Waals surface area contributed by atoms with Gasteiger partial charge in [-0.2, -0.15) is 0 Å². The Kier molecular flexibility index (Phi) is 4.81. The van der Waals surface area contributed by atoms with E-state index in [1.165, 1.54) is 29.3 Å². The maximum absolute atomic E-state index is 6.35. The molecule has 4 aromatic rings. The molecule has 158 valence electrons. The zero-order valence-corrected chi connectivity index (χ0v) is 18.5. The summed E-state index contributed by atoms with van der Waals surface area (Å²) in [5.41, 5.74) is 3.55. The molecule has 3 heterocycles. The van der Waals surface area contributed by atoms with Crippen molar-refractivity contribution in [2.45, 2.75) is 32.3 Å². The largest absolute Gasteiger partial charge is 0.486 e. The van der Waals surface area contributed by atoms with Crippen LogP contribution in [-0.2, 0) is 12.8 Å². The van der Waals surface area contributed by atoms with Gasteiger partial charge >= 0.3 is 0 Å². The van der Waals surface area contributed by atoms with Crippen molar-refractivity contribution >= 4 is 32.3 Å². The SMILES string of the molecule is Cc1ccc2c3c(ccc2n1)OC[C@H](CNCC1CCc2sc4ccccc4c2C1)O3. The number of hydrogen-bond donors (Lipinski definition) is 1. The van der Waals surface area contributed by atoms with Gasteiger partial charge in [0.25, 0.3) is 0 Å². The molecule has 1 aliphatic heterocycles. The van der Waals surface area contributed by atoms with Gasteiger partial charge in [0, 0.05) is 27.2 Å². The van der Waals surface area contributed by atoms with Crippen LogP contribution >= 0.6 is 11.3 Å². The van der Waals surface area contributed by atoms with Crippen LogP contribution in [0.15, 0.2) is 48.5 Å². The Labute approximate surface area is 186 Å². The van der Waals surface area contributed by atoms with E-state index < -0.39 is 0 Å². The first-order chi connectivity index (χ1) is 15.2. The summed E-state index contributed by atoms with van der Waals surface area (Å²) in [4.78, 5) is 6.21. The van der Waals surface area contributed by atoms with Gasteiger partial charge in [-0.25, -0.2) is 0 Å². The molecular formula is C26H26N2O2S. The van der Waals surface area contributed by atoms with Crippen molar-refractivity contribution in [1.82, 2.24) is 10.3 Å². The van der Waals surface area contributed by atoms with E-state index in [4.69, 9.17) is 9.47 Å². The number of benzene rings is 2. The monoisotopic (exact) mass is 430 g/mol. The van der Waals surface area contributed by atoms with Crippen molar-refractivity contribution < 1.29 is 9.47 Å². The predicted molar refractivity (Wildman–Crippen MR) is 127 cm³/mol. The Hall–Kier alpha value is -2.63. The van der Waals surface area contributed by atoms with Crippen LogP contribution in [0.1, 0.15) is 22.6 Å². The molecule has 0 saturated carbocycles. The van der Waals surface area contributed by atoms with Gasteiger partial charge in [0.05, 0.1) is 5.52 Å². The van der Waals surface area contributed by atoms with Crippen LogP contribution < -0.4 is 14.8 Å². The van der Waals surface area contributed by atoms with Crippen molar-refractivity contribution in [2.75, 3.05) is 19.7 Å². The quantitative estimate of drug-likeness (QED) is 0.478. The standard InChI is InChI=1S/C26H26N2O2S/c1-16-6-8-20-22(28-16)9-10-23-26(20)30-18(15-29-23)14-27-13-17-7-11-25-21(12-17)19-4-2-3-5-24(19)31-25/h2-6,8-10,17-18,27H,7,11-15H2,1H3/t17?,18-/m0/s1. The highest BCUT2D eigenvalue weighted by atomic mass is 32.1. The first-order valence-electron chi connectivity index (χ1n) is 11.1. The molecule has 0 fully saturated rings. The fourth-order valence-electron chi connectivity index (χ4n) is 4.90. The molecule has 31 heavy (non-hydrogen) atoms. The first-order valence-corrected chi connectivity index (χ1v) is 12.0. The summed E-state index contributed by atoms with van der Waals surface area (Å²) in [6, 6.07) is 16.9. The van der Waals surface area contributed by atoms with Crippen LogP contribution in [-0.4, -0.2) is 30.8 Å². The minimum absolute atomic E-state index is 0.0144. The van der Waals surface area contributed by atoms with Crippen LogP contribution in [0, 0.1) is 12.8 Å². The van der Waals surface area contributed by atoms with Gasteiger partial charge in [0.2, 0.25) is 0 Å². The Morgan fingerprint density at radius 1 is 1.06 bits per heavy atom.